The molecule has 12 heteroatoms. The van der Waals surface area contributed by atoms with Gasteiger partial charge < -0.3 is 30.4 Å². The first-order valence-corrected chi connectivity index (χ1v) is 14.6. The molecule has 1 aliphatic heterocycles. The number of piperidine rings is 1. The number of amides is 4. The third kappa shape index (κ3) is 8.85. The van der Waals surface area contributed by atoms with E-state index < -0.39 is 5.60 Å². The first-order chi connectivity index (χ1) is 20.7. The predicted molar refractivity (Wildman–Crippen MR) is 164 cm³/mol. The summed E-state index contributed by atoms with van der Waals surface area (Å²) in [5.41, 5.74) is 0.586. The molecule has 3 N–H and O–H groups in total. The molecule has 2 aromatic carbocycles. The van der Waals surface area contributed by atoms with Crippen LogP contribution in [0, 0.1) is 0 Å². The number of carbonyl (C=O) groups excluding carboxylic acids is 3. The van der Waals surface area contributed by atoms with E-state index in [9.17, 15) is 24.3 Å². The molecule has 0 radical (unpaired) electrons. The maximum absolute atomic E-state index is 13.5. The van der Waals surface area contributed by atoms with E-state index in [1.54, 1.807) is 28.0 Å². The van der Waals surface area contributed by atoms with E-state index in [0.29, 0.717) is 88.0 Å². The van der Waals surface area contributed by atoms with Crippen LogP contribution in [0.4, 0.5) is 10.5 Å². The van der Waals surface area contributed by atoms with Gasteiger partial charge in [-0.1, -0.05) is 30.3 Å². The Hall–Kier alpha value is -4.29. The second kappa shape index (κ2) is 14.7. The highest BCUT2D eigenvalue weighted by atomic mass is 16.3. The average molecular weight is 592 g/mol. The molecular formula is C31H41N7O5. The van der Waals surface area contributed by atoms with Crippen molar-refractivity contribution in [3.63, 3.8) is 0 Å². The molecule has 12 nitrogen and oxygen atoms in total. The Bertz CT molecular complexity index is 1450. The monoisotopic (exact) mass is 591 g/mol. The molecule has 3 aromatic rings. The van der Waals surface area contributed by atoms with E-state index in [4.69, 9.17) is 0 Å². The second-order valence-electron chi connectivity index (χ2n) is 11.3. The number of anilines is 1. The first-order valence-electron chi connectivity index (χ1n) is 14.6. The minimum atomic E-state index is -1.17. The number of aliphatic hydroxyl groups is 1. The third-order valence-electron chi connectivity index (χ3n) is 7.64. The molecule has 4 amide bonds. The minimum Gasteiger partial charge on any atom is -0.388 e. The second-order valence-corrected chi connectivity index (χ2v) is 11.3. The smallest absolute Gasteiger partial charge is 0.320 e. The number of aromatic nitrogens is 2. The Balaban J connectivity index is 1.38. The molecule has 2 heterocycles. The van der Waals surface area contributed by atoms with Gasteiger partial charge >= 0.3 is 6.03 Å². The lowest BCUT2D eigenvalue weighted by Gasteiger charge is -2.40. The molecule has 43 heavy (non-hydrogen) atoms. The van der Waals surface area contributed by atoms with Crippen molar-refractivity contribution in [1.82, 2.24) is 29.6 Å². The van der Waals surface area contributed by atoms with Crippen LogP contribution in [-0.2, 0) is 22.7 Å². The molecular weight excluding hydrogens is 550 g/mol. The summed E-state index contributed by atoms with van der Waals surface area (Å²) in [6, 6.07) is 14.6. The lowest BCUT2D eigenvalue weighted by atomic mass is 9.91. The Kier molecular flexibility index (Phi) is 10.8. The van der Waals surface area contributed by atoms with Crippen LogP contribution in [0.5, 0.6) is 0 Å². The average Bonchev–Trinajstić information content (AvgIpc) is 2.99. The van der Waals surface area contributed by atoms with Gasteiger partial charge in [-0.2, -0.15) is 0 Å². The number of carbonyl (C=O) groups is 3. The van der Waals surface area contributed by atoms with Crippen molar-refractivity contribution < 1.29 is 19.5 Å². The number of hydrogen-bond acceptors (Lipinski definition) is 7. The molecule has 4 rings (SSSR count). The van der Waals surface area contributed by atoms with E-state index in [2.05, 4.69) is 15.6 Å². The van der Waals surface area contributed by atoms with Gasteiger partial charge in [0.25, 0.3) is 5.56 Å². The highest BCUT2D eigenvalue weighted by Gasteiger charge is 2.36. The zero-order chi connectivity index (χ0) is 30.8. The Labute approximate surface area is 251 Å². The van der Waals surface area contributed by atoms with Crippen LogP contribution in [0.25, 0.3) is 10.9 Å². The van der Waals surface area contributed by atoms with Crippen LogP contribution < -0.4 is 16.2 Å². The van der Waals surface area contributed by atoms with E-state index in [0.717, 1.165) is 5.56 Å². The van der Waals surface area contributed by atoms with E-state index >= 15 is 0 Å². The number of rotatable bonds is 13. The molecule has 1 saturated heterocycles. The molecule has 0 bridgehead atoms. The highest BCUT2D eigenvalue weighted by Crippen LogP contribution is 2.25. The summed E-state index contributed by atoms with van der Waals surface area (Å²) < 4.78 is 1.41. The molecule has 1 fully saturated rings. The predicted octanol–water partition coefficient (Wildman–Crippen LogP) is 1.87. The van der Waals surface area contributed by atoms with Crippen molar-refractivity contribution in [2.24, 2.45) is 0 Å². The van der Waals surface area contributed by atoms with Crippen molar-refractivity contribution in [2.45, 2.75) is 44.4 Å². The summed E-state index contributed by atoms with van der Waals surface area (Å²) in [6.07, 6.45) is 3.67. The van der Waals surface area contributed by atoms with Gasteiger partial charge in [0.2, 0.25) is 12.3 Å². The van der Waals surface area contributed by atoms with Gasteiger partial charge in [0, 0.05) is 51.4 Å². The van der Waals surface area contributed by atoms with Gasteiger partial charge in [-0.05, 0) is 57.1 Å². The number of hydrogen-bond donors (Lipinski definition) is 3. The Morgan fingerprint density at radius 3 is 2.53 bits per heavy atom. The molecule has 0 unspecified atom stereocenters. The summed E-state index contributed by atoms with van der Waals surface area (Å²) in [5.74, 6) is -0.119. The van der Waals surface area contributed by atoms with Crippen molar-refractivity contribution in [3.8, 4) is 0 Å². The van der Waals surface area contributed by atoms with Gasteiger partial charge in [-0.25, -0.2) is 9.78 Å². The number of fused-ring (bicyclic) bond motifs is 1. The minimum absolute atomic E-state index is 0.0604. The zero-order valence-electron chi connectivity index (χ0n) is 24.9. The number of nitrogens with one attached hydrogen (secondary N) is 2. The fourth-order valence-electron chi connectivity index (χ4n) is 5.16. The SMILES string of the molecule is CN(C)CCC(=O)Nc1ccc2c(=O)n(CC3(O)CCN(C(=O)N(CCCNC=O)Cc4ccccc4)CC3)cnc2c1. The maximum atomic E-state index is 13.5. The van der Waals surface area contributed by atoms with E-state index in [1.807, 2.05) is 49.3 Å². The van der Waals surface area contributed by atoms with Gasteiger partial charge in [-0.15, -0.1) is 0 Å². The van der Waals surface area contributed by atoms with Crippen LogP contribution in [0.3, 0.4) is 0 Å². The number of benzene rings is 2. The van der Waals surface area contributed by atoms with Crippen LogP contribution in [-0.4, -0.2) is 100 Å². The van der Waals surface area contributed by atoms with E-state index in [-0.39, 0.29) is 24.0 Å². The summed E-state index contributed by atoms with van der Waals surface area (Å²) in [4.78, 5) is 59.4. The zero-order valence-corrected chi connectivity index (χ0v) is 24.9. The summed E-state index contributed by atoms with van der Waals surface area (Å²) in [7, 11) is 3.80. The van der Waals surface area contributed by atoms with Crippen molar-refractivity contribution in [3.05, 3.63) is 70.8 Å². The maximum Gasteiger partial charge on any atom is 0.320 e. The number of urea groups is 1. The standard InChI is InChI=1S/C31H41N7O5/c1-35(2)16-11-28(40)34-25-9-10-26-27(19-25)33-22-38(29(26)41)21-31(43)12-17-36(18-13-31)30(42)37(15-6-14-32-23-39)20-24-7-4-3-5-8-24/h3-5,7-10,19,22-23,43H,6,11-18,20-21H2,1-2H3,(H,32,39)(H,34,40). The number of likely N-dealkylation sites (tertiary alicyclic amines) is 1. The summed E-state index contributed by atoms with van der Waals surface area (Å²) in [6.45, 7) is 2.78. The van der Waals surface area contributed by atoms with Crippen molar-refractivity contribution in [1.29, 1.82) is 0 Å². The highest BCUT2D eigenvalue weighted by molar-refractivity contribution is 5.93. The van der Waals surface area contributed by atoms with E-state index in [1.165, 1.54) is 10.9 Å². The lowest BCUT2D eigenvalue weighted by molar-refractivity contribution is -0.116. The lowest BCUT2D eigenvalue weighted by Crippen LogP contribution is -2.53. The summed E-state index contributed by atoms with van der Waals surface area (Å²) in [5, 5.41) is 17.3. The van der Waals surface area contributed by atoms with Gasteiger partial charge in [0.05, 0.1) is 29.4 Å². The number of nitrogens with zero attached hydrogens (tertiary/aromatic N) is 5. The van der Waals surface area contributed by atoms with Crippen LogP contribution in [0.1, 0.15) is 31.2 Å². The van der Waals surface area contributed by atoms with Crippen LogP contribution in [0.15, 0.2) is 59.7 Å². The quantitative estimate of drug-likeness (QED) is 0.204. The summed E-state index contributed by atoms with van der Waals surface area (Å²) >= 11 is 0. The van der Waals surface area contributed by atoms with Crippen molar-refractivity contribution in [2.75, 3.05) is 52.1 Å². The molecule has 0 aliphatic carbocycles. The molecule has 0 saturated carbocycles. The molecule has 230 valence electrons. The van der Waals surface area contributed by atoms with Gasteiger partial charge in [-0.3, -0.25) is 19.0 Å². The van der Waals surface area contributed by atoms with Crippen molar-refractivity contribution >= 4 is 34.9 Å². The molecule has 1 aromatic heterocycles. The first kappa shape index (κ1) is 31.6. The fraction of sp³-hybridized carbons (Fsp3) is 0.452. The fourth-order valence-corrected chi connectivity index (χ4v) is 5.16. The normalized spacial score (nSPS) is 14.5. The topological polar surface area (TPSA) is 140 Å². The molecule has 0 spiro atoms. The Morgan fingerprint density at radius 1 is 1.09 bits per heavy atom. The van der Waals surface area contributed by atoms with Gasteiger partial charge in [0.1, 0.15) is 0 Å². The Morgan fingerprint density at radius 2 is 1.84 bits per heavy atom. The molecule has 0 atom stereocenters. The third-order valence-corrected chi connectivity index (χ3v) is 7.64. The van der Waals surface area contributed by atoms with Crippen LogP contribution >= 0.6 is 0 Å². The largest absolute Gasteiger partial charge is 0.388 e. The van der Waals surface area contributed by atoms with Gasteiger partial charge in [0.15, 0.2) is 0 Å². The van der Waals surface area contributed by atoms with Crippen LogP contribution in [0.2, 0.25) is 0 Å². The molecule has 1 aliphatic rings.